The molecule has 0 spiro atoms. The second kappa shape index (κ2) is 7.22. The standard InChI is InChI=1S/C16H15ClN4O3S/c17-9-2-4-10(5-3-9)21-16(24)12-11(8-25-14(12)18)13(20-21)15(23)19-6-1-7-22/h2-5,8,22H,1,6-7,18H2,(H,19,23). The van der Waals surface area contributed by atoms with E-state index in [9.17, 15) is 9.59 Å². The van der Waals surface area contributed by atoms with Gasteiger partial charge in [-0.15, -0.1) is 11.3 Å². The van der Waals surface area contributed by atoms with Crippen molar-refractivity contribution >= 4 is 44.6 Å². The lowest BCUT2D eigenvalue weighted by molar-refractivity contribution is 0.0946. The number of amides is 1. The molecular formula is C16H15ClN4O3S. The maximum atomic E-state index is 12.8. The molecule has 130 valence electrons. The number of nitrogen functional groups attached to an aromatic ring is 1. The number of aliphatic hydroxyl groups is 1. The molecule has 0 saturated heterocycles. The van der Waals surface area contributed by atoms with Crippen molar-refractivity contribution in [1.82, 2.24) is 15.1 Å². The summed E-state index contributed by atoms with van der Waals surface area (Å²) in [6, 6.07) is 6.54. The first-order valence-electron chi connectivity index (χ1n) is 7.48. The summed E-state index contributed by atoms with van der Waals surface area (Å²) in [5.41, 5.74) is 6.12. The number of hydrogen-bond donors (Lipinski definition) is 3. The Morgan fingerprint density at radius 2 is 2.08 bits per heavy atom. The SMILES string of the molecule is Nc1scc2c(C(=O)NCCCO)nn(-c3ccc(Cl)cc3)c(=O)c12. The van der Waals surface area contributed by atoms with E-state index in [2.05, 4.69) is 10.4 Å². The summed E-state index contributed by atoms with van der Waals surface area (Å²) in [7, 11) is 0. The highest BCUT2D eigenvalue weighted by molar-refractivity contribution is 7.15. The molecule has 0 aliphatic rings. The Morgan fingerprint density at radius 1 is 1.36 bits per heavy atom. The molecule has 0 fully saturated rings. The van der Waals surface area contributed by atoms with Crippen molar-refractivity contribution in [2.24, 2.45) is 0 Å². The molecule has 2 heterocycles. The van der Waals surface area contributed by atoms with Crippen LogP contribution in [0, 0.1) is 0 Å². The molecule has 0 atom stereocenters. The molecule has 0 saturated carbocycles. The van der Waals surface area contributed by atoms with E-state index in [4.69, 9.17) is 22.4 Å². The van der Waals surface area contributed by atoms with Crippen LogP contribution in [-0.4, -0.2) is 33.9 Å². The highest BCUT2D eigenvalue weighted by Gasteiger charge is 2.20. The molecule has 25 heavy (non-hydrogen) atoms. The van der Waals surface area contributed by atoms with E-state index in [0.29, 0.717) is 34.1 Å². The third kappa shape index (κ3) is 3.37. The number of hydrogen-bond acceptors (Lipinski definition) is 6. The van der Waals surface area contributed by atoms with Crippen LogP contribution in [0.1, 0.15) is 16.9 Å². The highest BCUT2D eigenvalue weighted by Crippen LogP contribution is 2.27. The van der Waals surface area contributed by atoms with Crippen LogP contribution in [0.3, 0.4) is 0 Å². The summed E-state index contributed by atoms with van der Waals surface area (Å²) in [6.45, 7) is 0.275. The second-order valence-corrected chi connectivity index (χ2v) is 6.61. The first-order valence-corrected chi connectivity index (χ1v) is 8.73. The Morgan fingerprint density at radius 3 is 2.76 bits per heavy atom. The number of aliphatic hydroxyl groups excluding tert-OH is 1. The van der Waals surface area contributed by atoms with Crippen LogP contribution in [0.4, 0.5) is 5.00 Å². The maximum Gasteiger partial charge on any atom is 0.282 e. The molecule has 0 aliphatic carbocycles. The minimum Gasteiger partial charge on any atom is -0.396 e. The normalized spacial score (nSPS) is 11.0. The van der Waals surface area contributed by atoms with Gasteiger partial charge in [0.25, 0.3) is 11.5 Å². The Balaban J connectivity index is 2.16. The molecule has 2 aromatic heterocycles. The zero-order valence-electron chi connectivity index (χ0n) is 13.0. The number of rotatable bonds is 5. The lowest BCUT2D eigenvalue weighted by Gasteiger charge is -2.10. The minimum absolute atomic E-state index is 0.0290. The molecule has 4 N–H and O–H groups in total. The maximum absolute atomic E-state index is 12.8. The van der Waals surface area contributed by atoms with Gasteiger partial charge in [-0.05, 0) is 30.7 Å². The molecule has 3 rings (SSSR count). The zero-order valence-corrected chi connectivity index (χ0v) is 14.6. The van der Waals surface area contributed by atoms with Gasteiger partial charge in [0.15, 0.2) is 5.69 Å². The number of carbonyl (C=O) groups is 1. The van der Waals surface area contributed by atoms with Gasteiger partial charge in [-0.1, -0.05) is 11.6 Å². The van der Waals surface area contributed by atoms with Crippen LogP contribution in [-0.2, 0) is 0 Å². The van der Waals surface area contributed by atoms with E-state index in [-0.39, 0.29) is 17.7 Å². The molecule has 0 bridgehead atoms. The Labute approximate surface area is 151 Å². The number of aromatic nitrogens is 2. The minimum atomic E-state index is -0.432. The van der Waals surface area contributed by atoms with Gasteiger partial charge in [-0.3, -0.25) is 9.59 Å². The van der Waals surface area contributed by atoms with Crippen molar-refractivity contribution < 1.29 is 9.90 Å². The number of nitrogens with zero attached hydrogens (tertiary/aromatic N) is 2. The van der Waals surface area contributed by atoms with Gasteiger partial charge >= 0.3 is 0 Å². The molecule has 7 nitrogen and oxygen atoms in total. The molecule has 0 unspecified atom stereocenters. The molecule has 3 aromatic rings. The summed E-state index contributed by atoms with van der Waals surface area (Å²) in [5.74, 6) is -0.432. The van der Waals surface area contributed by atoms with E-state index in [1.54, 1.807) is 29.6 Å². The predicted octanol–water partition coefficient (Wildman–Crippen LogP) is 1.79. The van der Waals surface area contributed by atoms with Crippen LogP contribution < -0.4 is 16.6 Å². The molecule has 1 amide bonds. The van der Waals surface area contributed by atoms with Gasteiger partial charge in [0.1, 0.15) is 0 Å². The number of carbonyl (C=O) groups excluding carboxylic acids is 1. The fourth-order valence-corrected chi connectivity index (χ4v) is 3.28. The van der Waals surface area contributed by atoms with Gasteiger partial charge < -0.3 is 16.2 Å². The first-order chi connectivity index (χ1) is 12.0. The number of nitrogens with two attached hydrogens (primary N) is 1. The van der Waals surface area contributed by atoms with Gasteiger partial charge in [0.05, 0.1) is 16.1 Å². The van der Waals surface area contributed by atoms with Crippen LogP contribution >= 0.6 is 22.9 Å². The molecule has 1 aromatic carbocycles. The van der Waals surface area contributed by atoms with Crippen molar-refractivity contribution in [2.75, 3.05) is 18.9 Å². The second-order valence-electron chi connectivity index (χ2n) is 5.26. The highest BCUT2D eigenvalue weighted by atomic mass is 35.5. The fraction of sp³-hybridized carbons (Fsp3) is 0.188. The third-order valence-corrected chi connectivity index (χ3v) is 4.65. The number of fused-ring (bicyclic) bond motifs is 1. The monoisotopic (exact) mass is 378 g/mol. The van der Waals surface area contributed by atoms with E-state index in [0.717, 1.165) is 4.68 Å². The first kappa shape index (κ1) is 17.4. The number of thiophene rings is 1. The van der Waals surface area contributed by atoms with Gasteiger partial charge in [-0.2, -0.15) is 9.78 Å². The molecular weight excluding hydrogens is 364 g/mol. The quantitative estimate of drug-likeness (QED) is 0.586. The van der Waals surface area contributed by atoms with E-state index >= 15 is 0 Å². The topological polar surface area (TPSA) is 110 Å². The smallest absolute Gasteiger partial charge is 0.282 e. The van der Waals surface area contributed by atoms with E-state index in [1.165, 1.54) is 11.3 Å². The summed E-state index contributed by atoms with van der Waals surface area (Å²) in [5, 5.41) is 18.9. The average Bonchev–Trinajstić information content (AvgIpc) is 2.99. The van der Waals surface area contributed by atoms with Gasteiger partial charge in [-0.25, -0.2) is 0 Å². The van der Waals surface area contributed by atoms with Crippen LogP contribution in [0.15, 0.2) is 34.4 Å². The van der Waals surface area contributed by atoms with Gasteiger partial charge in [0, 0.05) is 28.9 Å². The molecule has 9 heteroatoms. The summed E-state index contributed by atoms with van der Waals surface area (Å²) in [4.78, 5) is 25.2. The zero-order chi connectivity index (χ0) is 18.0. The summed E-state index contributed by atoms with van der Waals surface area (Å²) in [6.07, 6.45) is 0.428. The van der Waals surface area contributed by atoms with E-state index < -0.39 is 11.5 Å². The lowest BCUT2D eigenvalue weighted by Crippen LogP contribution is -2.30. The molecule has 0 aliphatic heterocycles. The van der Waals surface area contributed by atoms with E-state index in [1.807, 2.05) is 0 Å². The number of halogens is 1. The number of nitrogens with one attached hydrogen (secondary N) is 1. The van der Waals surface area contributed by atoms with Crippen molar-refractivity contribution in [1.29, 1.82) is 0 Å². The number of anilines is 1. The molecule has 0 radical (unpaired) electrons. The largest absolute Gasteiger partial charge is 0.396 e. The Bertz CT molecular complexity index is 981. The van der Waals surface area contributed by atoms with Crippen LogP contribution in [0.5, 0.6) is 0 Å². The Kier molecular flexibility index (Phi) is 5.03. The van der Waals surface area contributed by atoms with Crippen molar-refractivity contribution in [3.63, 3.8) is 0 Å². The lowest BCUT2D eigenvalue weighted by atomic mass is 10.2. The predicted molar refractivity (Wildman–Crippen MR) is 98.7 cm³/mol. The van der Waals surface area contributed by atoms with Crippen LogP contribution in [0.2, 0.25) is 5.02 Å². The summed E-state index contributed by atoms with van der Waals surface area (Å²) < 4.78 is 1.14. The average molecular weight is 379 g/mol. The van der Waals surface area contributed by atoms with Gasteiger partial charge in [0.2, 0.25) is 0 Å². The van der Waals surface area contributed by atoms with Crippen molar-refractivity contribution in [3.05, 3.63) is 50.7 Å². The fourth-order valence-electron chi connectivity index (χ4n) is 2.36. The summed E-state index contributed by atoms with van der Waals surface area (Å²) >= 11 is 7.07. The number of benzene rings is 1. The van der Waals surface area contributed by atoms with Crippen LogP contribution in [0.25, 0.3) is 16.5 Å². The third-order valence-electron chi connectivity index (χ3n) is 3.59. The van der Waals surface area contributed by atoms with Crippen molar-refractivity contribution in [3.8, 4) is 5.69 Å². The Hall–Kier alpha value is -2.42. The van der Waals surface area contributed by atoms with Crippen molar-refractivity contribution in [2.45, 2.75) is 6.42 Å².